The predicted molar refractivity (Wildman–Crippen MR) is 60.2 cm³/mol. The summed E-state index contributed by atoms with van der Waals surface area (Å²) in [5, 5.41) is 2.32. The first-order valence-electron chi connectivity index (χ1n) is 6.20. The average Bonchev–Trinajstić information content (AvgIpc) is 2.83. The zero-order chi connectivity index (χ0) is 11.1. The van der Waals surface area contributed by atoms with Crippen molar-refractivity contribution in [2.24, 2.45) is 0 Å². The van der Waals surface area contributed by atoms with E-state index in [1.807, 2.05) is 12.1 Å². The lowest BCUT2D eigenvalue weighted by Gasteiger charge is -2.23. The Morgan fingerprint density at radius 1 is 1.31 bits per heavy atom. The Bertz CT molecular complexity index is 269. The molecule has 0 radical (unpaired) electrons. The molecule has 0 aliphatic carbocycles. The molecule has 0 unspecified atom stereocenters. The van der Waals surface area contributed by atoms with Gasteiger partial charge in [-0.3, -0.25) is 0 Å². The van der Waals surface area contributed by atoms with Crippen LogP contribution in [0.25, 0.3) is 0 Å². The molecule has 1 aromatic rings. The van der Waals surface area contributed by atoms with Gasteiger partial charge in [-0.1, -0.05) is 0 Å². The van der Waals surface area contributed by atoms with Crippen LogP contribution in [0.2, 0.25) is 0 Å². The lowest BCUT2D eigenvalue weighted by Crippen LogP contribution is -3.14. The van der Waals surface area contributed by atoms with E-state index in [-0.39, 0.29) is 0 Å². The maximum atomic E-state index is 5.34. The van der Waals surface area contributed by atoms with Crippen LogP contribution >= 0.6 is 0 Å². The topological polar surface area (TPSA) is 43.4 Å². The lowest BCUT2D eigenvalue weighted by atomic mass is 10.3. The highest BCUT2D eigenvalue weighted by atomic mass is 16.5. The molecule has 1 saturated heterocycles. The van der Waals surface area contributed by atoms with E-state index in [1.54, 1.807) is 11.2 Å². The Morgan fingerprint density at radius 3 is 2.94 bits per heavy atom. The van der Waals surface area contributed by atoms with Crippen molar-refractivity contribution in [3.05, 3.63) is 24.2 Å². The molecule has 0 saturated carbocycles. The number of morpholine rings is 1. The molecule has 0 atom stereocenters. The number of hydrogen-bond donors (Lipinski definition) is 2. The van der Waals surface area contributed by atoms with Crippen LogP contribution in [0.1, 0.15) is 12.2 Å². The zero-order valence-corrected chi connectivity index (χ0v) is 9.78. The summed E-state index contributed by atoms with van der Waals surface area (Å²) in [7, 11) is 0. The van der Waals surface area contributed by atoms with Gasteiger partial charge in [0.25, 0.3) is 0 Å². The van der Waals surface area contributed by atoms with Gasteiger partial charge in [0, 0.05) is 6.42 Å². The molecule has 1 aliphatic heterocycles. The van der Waals surface area contributed by atoms with Crippen molar-refractivity contribution in [1.82, 2.24) is 0 Å². The SMILES string of the molecule is c1coc(C[NH2+]CCC[NH+]2CCOCC2)c1. The van der Waals surface area contributed by atoms with Gasteiger partial charge in [-0.05, 0) is 12.1 Å². The van der Waals surface area contributed by atoms with E-state index in [2.05, 4.69) is 5.32 Å². The fraction of sp³-hybridized carbons (Fsp3) is 0.667. The van der Waals surface area contributed by atoms with Crippen LogP contribution < -0.4 is 10.2 Å². The van der Waals surface area contributed by atoms with Crippen molar-refractivity contribution in [1.29, 1.82) is 0 Å². The number of nitrogens with one attached hydrogen (secondary N) is 1. The molecule has 1 aliphatic rings. The molecule has 4 nitrogen and oxygen atoms in total. The van der Waals surface area contributed by atoms with Gasteiger partial charge in [0.2, 0.25) is 0 Å². The molecule has 3 N–H and O–H groups in total. The maximum Gasteiger partial charge on any atom is 0.157 e. The Balaban J connectivity index is 1.48. The monoisotopic (exact) mass is 226 g/mol. The molecule has 0 aromatic carbocycles. The standard InChI is InChI=1S/C12H20N2O2/c1-3-12(16-8-1)11-13-4-2-5-14-6-9-15-10-7-14/h1,3,8,13H,2,4-7,9-11H2/p+2. The summed E-state index contributed by atoms with van der Waals surface area (Å²) >= 11 is 0. The molecule has 4 heteroatoms. The molecule has 2 heterocycles. The number of hydrogen-bond acceptors (Lipinski definition) is 2. The molecular weight excluding hydrogens is 204 g/mol. The second-order valence-electron chi connectivity index (χ2n) is 4.33. The Kier molecular flexibility index (Phi) is 4.86. The largest absolute Gasteiger partial charge is 0.463 e. The molecule has 0 amide bonds. The second kappa shape index (κ2) is 6.68. The van der Waals surface area contributed by atoms with Gasteiger partial charge in [-0.2, -0.15) is 0 Å². The molecule has 0 bridgehead atoms. The molecule has 0 spiro atoms. The number of rotatable bonds is 6. The van der Waals surface area contributed by atoms with Crippen LogP contribution in [0, 0.1) is 0 Å². The highest BCUT2D eigenvalue weighted by Gasteiger charge is 2.12. The third-order valence-electron chi connectivity index (χ3n) is 3.06. The van der Waals surface area contributed by atoms with Crippen LogP contribution in [0.3, 0.4) is 0 Å². The van der Waals surface area contributed by atoms with Gasteiger partial charge in [-0.25, -0.2) is 0 Å². The summed E-state index contributed by atoms with van der Waals surface area (Å²) in [5.41, 5.74) is 0. The van der Waals surface area contributed by atoms with Gasteiger partial charge in [0.15, 0.2) is 5.76 Å². The second-order valence-corrected chi connectivity index (χ2v) is 4.33. The highest BCUT2D eigenvalue weighted by Crippen LogP contribution is 1.95. The Morgan fingerprint density at radius 2 is 2.19 bits per heavy atom. The van der Waals surface area contributed by atoms with Gasteiger partial charge >= 0.3 is 0 Å². The van der Waals surface area contributed by atoms with E-state index in [0.29, 0.717) is 0 Å². The number of furan rings is 1. The van der Waals surface area contributed by atoms with E-state index in [4.69, 9.17) is 9.15 Å². The smallest absolute Gasteiger partial charge is 0.157 e. The van der Waals surface area contributed by atoms with Crippen molar-refractivity contribution >= 4 is 0 Å². The molecule has 1 fully saturated rings. The minimum absolute atomic E-state index is 0.936. The van der Waals surface area contributed by atoms with E-state index in [1.165, 1.54) is 32.6 Å². The number of ether oxygens (including phenoxy) is 1. The summed E-state index contributed by atoms with van der Waals surface area (Å²) in [6.07, 6.45) is 3.01. The summed E-state index contributed by atoms with van der Waals surface area (Å²) < 4.78 is 10.6. The average molecular weight is 226 g/mol. The van der Waals surface area contributed by atoms with E-state index in [0.717, 1.165) is 25.5 Å². The first-order valence-corrected chi connectivity index (χ1v) is 6.20. The number of quaternary nitrogens is 2. The summed E-state index contributed by atoms with van der Waals surface area (Å²) in [4.78, 5) is 1.69. The van der Waals surface area contributed by atoms with Crippen molar-refractivity contribution in [2.45, 2.75) is 13.0 Å². The zero-order valence-electron chi connectivity index (χ0n) is 9.78. The quantitative estimate of drug-likeness (QED) is 0.589. The van der Waals surface area contributed by atoms with Crippen molar-refractivity contribution in [3.63, 3.8) is 0 Å². The number of nitrogens with two attached hydrogens (primary N) is 1. The lowest BCUT2D eigenvalue weighted by molar-refractivity contribution is -0.909. The summed E-state index contributed by atoms with van der Waals surface area (Å²) in [6, 6.07) is 3.98. The fourth-order valence-electron chi connectivity index (χ4n) is 2.08. The molecule has 90 valence electrons. The highest BCUT2D eigenvalue weighted by molar-refractivity contribution is 4.95. The van der Waals surface area contributed by atoms with Crippen molar-refractivity contribution in [2.75, 3.05) is 39.4 Å². The van der Waals surface area contributed by atoms with E-state index in [9.17, 15) is 0 Å². The fourth-order valence-corrected chi connectivity index (χ4v) is 2.08. The first kappa shape index (κ1) is 11.6. The minimum atomic E-state index is 0.936. The van der Waals surface area contributed by atoms with Crippen molar-refractivity contribution in [3.8, 4) is 0 Å². The van der Waals surface area contributed by atoms with Crippen LogP contribution in [0.4, 0.5) is 0 Å². The third kappa shape index (κ3) is 3.96. The predicted octanol–water partition coefficient (Wildman–Crippen LogP) is -1.35. The van der Waals surface area contributed by atoms with Gasteiger partial charge in [0.1, 0.15) is 19.6 Å². The van der Waals surface area contributed by atoms with Crippen LogP contribution in [-0.4, -0.2) is 39.4 Å². The Labute approximate surface area is 96.6 Å². The van der Waals surface area contributed by atoms with Crippen molar-refractivity contribution < 1.29 is 19.4 Å². The van der Waals surface area contributed by atoms with E-state index < -0.39 is 0 Å². The van der Waals surface area contributed by atoms with Crippen LogP contribution in [-0.2, 0) is 11.3 Å². The third-order valence-corrected chi connectivity index (χ3v) is 3.06. The summed E-state index contributed by atoms with van der Waals surface area (Å²) in [6.45, 7) is 7.65. The molecule has 1 aromatic heterocycles. The summed E-state index contributed by atoms with van der Waals surface area (Å²) in [5.74, 6) is 1.07. The normalized spacial score (nSPS) is 17.8. The van der Waals surface area contributed by atoms with Crippen LogP contribution in [0.15, 0.2) is 22.8 Å². The van der Waals surface area contributed by atoms with Gasteiger partial charge < -0.3 is 19.4 Å². The minimum Gasteiger partial charge on any atom is -0.463 e. The maximum absolute atomic E-state index is 5.34. The Hall–Kier alpha value is -0.840. The first-order chi connectivity index (χ1) is 7.95. The van der Waals surface area contributed by atoms with Gasteiger partial charge in [0.05, 0.1) is 32.6 Å². The van der Waals surface area contributed by atoms with Gasteiger partial charge in [-0.15, -0.1) is 0 Å². The van der Waals surface area contributed by atoms with Crippen LogP contribution in [0.5, 0.6) is 0 Å². The molecule has 16 heavy (non-hydrogen) atoms. The molecular formula is C12H22N2O2+2. The van der Waals surface area contributed by atoms with E-state index >= 15 is 0 Å². The molecule has 2 rings (SSSR count).